The average Bonchev–Trinajstić information content (AvgIpc) is 3.38. The lowest BCUT2D eigenvalue weighted by molar-refractivity contribution is -0.117. The van der Waals surface area contributed by atoms with Crippen LogP contribution in [0.2, 0.25) is 0 Å². The van der Waals surface area contributed by atoms with Crippen molar-refractivity contribution in [3.8, 4) is 0 Å². The lowest BCUT2D eigenvalue weighted by atomic mass is 9.99. The van der Waals surface area contributed by atoms with E-state index in [1.807, 2.05) is 24.0 Å². The zero-order chi connectivity index (χ0) is 22.8. The summed E-state index contributed by atoms with van der Waals surface area (Å²) in [7, 11) is 5.70. The van der Waals surface area contributed by atoms with Crippen molar-refractivity contribution in [1.82, 2.24) is 10.2 Å². The smallest absolute Gasteiger partial charge is 0.261 e. The van der Waals surface area contributed by atoms with E-state index in [1.165, 1.54) is 11.3 Å². The molecule has 3 N–H and O–H groups in total. The molecule has 9 heteroatoms. The summed E-state index contributed by atoms with van der Waals surface area (Å²) in [4.78, 5) is 42.2. The highest BCUT2D eigenvalue weighted by atomic mass is 32.1. The van der Waals surface area contributed by atoms with Crippen LogP contribution in [0.5, 0.6) is 0 Å². The Labute approximate surface area is 193 Å². The number of amides is 3. The van der Waals surface area contributed by atoms with Crippen LogP contribution in [0.4, 0.5) is 5.69 Å². The van der Waals surface area contributed by atoms with E-state index in [0.717, 1.165) is 37.1 Å². The number of likely N-dealkylation sites (tertiary alicyclic amines) is 1. The Morgan fingerprint density at radius 2 is 2.06 bits per heavy atom. The SMILES string of the molecule is [B]c1ccc(C(=O)NC2CC(=O)N(c3ccc(C(=O)N4CCCCC4CN)c(C)c3)C2)s1. The molecule has 0 spiro atoms. The van der Waals surface area contributed by atoms with Crippen molar-refractivity contribution in [3.05, 3.63) is 46.3 Å². The molecule has 166 valence electrons. The van der Waals surface area contributed by atoms with Gasteiger partial charge in [0.25, 0.3) is 11.8 Å². The maximum absolute atomic E-state index is 13.1. The van der Waals surface area contributed by atoms with Crippen molar-refractivity contribution in [1.29, 1.82) is 0 Å². The number of carbonyl (C=O) groups excluding carboxylic acids is 3. The molecule has 2 aliphatic heterocycles. The van der Waals surface area contributed by atoms with E-state index in [-0.39, 0.29) is 36.2 Å². The molecule has 0 saturated carbocycles. The summed E-state index contributed by atoms with van der Waals surface area (Å²) in [6.45, 7) is 3.47. The molecule has 2 aromatic rings. The molecular formula is C23H27BN4O3S. The number of hydrogen-bond donors (Lipinski definition) is 2. The molecule has 2 fully saturated rings. The summed E-state index contributed by atoms with van der Waals surface area (Å²) >= 11 is 1.22. The van der Waals surface area contributed by atoms with Gasteiger partial charge in [-0.3, -0.25) is 14.4 Å². The highest BCUT2D eigenvalue weighted by molar-refractivity contribution is 7.21. The quantitative estimate of drug-likeness (QED) is 0.673. The maximum Gasteiger partial charge on any atom is 0.261 e. The second-order valence-corrected chi connectivity index (χ2v) is 9.58. The van der Waals surface area contributed by atoms with Crippen LogP contribution in [0, 0.1) is 6.92 Å². The molecule has 32 heavy (non-hydrogen) atoms. The fraction of sp³-hybridized carbons (Fsp3) is 0.435. The van der Waals surface area contributed by atoms with Gasteiger partial charge in [-0.15, -0.1) is 11.3 Å². The Balaban J connectivity index is 1.45. The molecule has 0 bridgehead atoms. The minimum absolute atomic E-state index is 0.00249. The van der Waals surface area contributed by atoms with E-state index in [9.17, 15) is 14.4 Å². The average molecular weight is 450 g/mol. The molecule has 1 aromatic carbocycles. The first kappa shape index (κ1) is 22.5. The number of piperidine rings is 1. The highest BCUT2D eigenvalue weighted by Gasteiger charge is 2.33. The predicted octanol–water partition coefficient (Wildman–Crippen LogP) is 1.34. The molecule has 1 aromatic heterocycles. The van der Waals surface area contributed by atoms with Gasteiger partial charge < -0.3 is 20.9 Å². The van der Waals surface area contributed by atoms with Crippen LogP contribution in [-0.2, 0) is 4.79 Å². The Hall–Kier alpha value is -2.65. The summed E-state index contributed by atoms with van der Waals surface area (Å²) in [5.74, 6) is -0.282. The Kier molecular flexibility index (Phi) is 6.67. The predicted molar refractivity (Wildman–Crippen MR) is 127 cm³/mol. The number of carbonyl (C=O) groups is 3. The Bertz CT molecular complexity index is 1040. The van der Waals surface area contributed by atoms with Gasteiger partial charge in [0.05, 0.1) is 10.9 Å². The van der Waals surface area contributed by atoms with Gasteiger partial charge in [0.15, 0.2) is 0 Å². The number of anilines is 1. The van der Waals surface area contributed by atoms with E-state index in [1.54, 1.807) is 23.1 Å². The number of hydrogen-bond acceptors (Lipinski definition) is 5. The van der Waals surface area contributed by atoms with E-state index < -0.39 is 0 Å². The molecule has 0 aliphatic carbocycles. The Morgan fingerprint density at radius 1 is 1.25 bits per heavy atom. The number of thiophene rings is 1. The second kappa shape index (κ2) is 9.46. The van der Waals surface area contributed by atoms with E-state index >= 15 is 0 Å². The van der Waals surface area contributed by atoms with Crippen molar-refractivity contribution in [3.63, 3.8) is 0 Å². The fourth-order valence-corrected chi connectivity index (χ4v) is 5.19. The van der Waals surface area contributed by atoms with Gasteiger partial charge in [0.2, 0.25) is 5.91 Å². The zero-order valence-corrected chi connectivity index (χ0v) is 19.0. The fourth-order valence-electron chi connectivity index (χ4n) is 4.51. The van der Waals surface area contributed by atoms with Crippen LogP contribution >= 0.6 is 11.3 Å². The summed E-state index contributed by atoms with van der Waals surface area (Å²) in [5, 5.41) is 2.92. The number of nitrogens with two attached hydrogens (primary N) is 1. The molecule has 2 unspecified atom stereocenters. The molecule has 7 nitrogen and oxygen atoms in total. The standard InChI is InChI=1S/C23H27BN4O3S/c1-14-10-16(5-6-18(14)23(31)27-9-3-2-4-17(27)12-25)28-13-15(11-21(28)29)26-22(30)19-7-8-20(24)32-19/h5-8,10,15,17H,2-4,9,11-13,25H2,1H3,(H,26,30). The first-order chi connectivity index (χ1) is 15.4. The number of nitrogens with one attached hydrogen (secondary N) is 1. The molecule has 3 heterocycles. The summed E-state index contributed by atoms with van der Waals surface area (Å²) < 4.78 is 0.576. The topological polar surface area (TPSA) is 95.7 Å². The van der Waals surface area contributed by atoms with Crippen LogP contribution in [-0.4, -0.2) is 62.2 Å². The molecule has 2 radical (unpaired) electrons. The van der Waals surface area contributed by atoms with Gasteiger partial charge in [0, 0.05) is 43.3 Å². The van der Waals surface area contributed by atoms with Crippen LogP contribution in [0.25, 0.3) is 0 Å². The van der Waals surface area contributed by atoms with E-state index in [4.69, 9.17) is 13.6 Å². The maximum atomic E-state index is 13.1. The third-order valence-corrected chi connectivity index (χ3v) is 7.14. The minimum Gasteiger partial charge on any atom is -0.346 e. The normalized spacial score (nSPS) is 21.1. The summed E-state index contributed by atoms with van der Waals surface area (Å²) in [6.07, 6.45) is 3.26. The van der Waals surface area contributed by atoms with Crippen LogP contribution < -0.4 is 20.7 Å². The number of benzene rings is 1. The van der Waals surface area contributed by atoms with Crippen molar-refractivity contribution in [2.75, 3.05) is 24.5 Å². The van der Waals surface area contributed by atoms with Crippen molar-refractivity contribution in [2.45, 2.75) is 44.7 Å². The van der Waals surface area contributed by atoms with Gasteiger partial charge in [0.1, 0.15) is 7.85 Å². The second-order valence-electron chi connectivity index (χ2n) is 8.46. The van der Waals surface area contributed by atoms with Gasteiger partial charge in [-0.1, -0.05) is 6.07 Å². The van der Waals surface area contributed by atoms with Gasteiger partial charge in [-0.05, 0) is 60.8 Å². The number of rotatable bonds is 5. The van der Waals surface area contributed by atoms with Crippen LogP contribution in [0.15, 0.2) is 30.3 Å². The van der Waals surface area contributed by atoms with Crippen LogP contribution in [0.3, 0.4) is 0 Å². The van der Waals surface area contributed by atoms with E-state index in [2.05, 4.69) is 5.32 Å². The number of nitrogens with zero attached hydrogens (tertiary/aromatic N) is 2. The van der Waals surface area contributed by atoms with E-state index in [0.29, 0.717) is 28.3 Å². The first-order valence-corrected chi connectivity index (χ1v) is 11.8. The van der Waals surface area contributed by atoms with Crippen molar-refractivity contribution in [2.24, 2.45) is 5.73 Å². The van der Waals surface area contributed by atoms with Crippen LogP contribution in [0.1, 0.15) is 51.3 Å². The molecule has 2 aliphatic rings. The lowest BCUT2D eigenvalue weighted by Crippen LogP contribution is -2.47. The van der Waals surface area contributed by atoms with Gasteiger partial charge in [-0.25, -0.2) is 0 Å². The molecule has 4 rings (SSSR count). The summed E-state index contributed by atoms with van der Waals surface area (Å²) in [5.41, 5.74) is 8.08. The number of aryl methyl sites for hydroxylation is 1. The van der Waals surface area contributed by atoms with Crippen molar-refractivity contribution < 1.29 is 14.4 Å². The highest BCUT2D eigenvalue weighted by Crippen LogP contribution is 2.27. The zero-order valence-electron chi connectivity index (χ0n) is 18.2. The van der Waals surface area contributed by atoms with Gasteiger partial charge >= 0.3 is 0 Å². The molecular weight excluding hydrogens is 423 g/mol. The monoisotopic (exact) mass is 450 g/mol. The third-order valence-electron chi connectivity index (χ3n) is 6.22. The third kappa shape index (κ3) is 4.59. The minimum atomic E-state index is -0.279. The largest absolute Gasteiger partial charge is 0.346 e. The molecule has 2 saturated heterocycles. The molecule has 3 amide bonds. The van der Waals surface area contributed by atoms with Crippen molar-refractivity contribution >= 4 is 47.4 Å². The first-order valence-electron chi connectivity index (χ1n) is 11.0. The molecule has 2 atom stereocenters. The Morgan fingerprint density at radius 3 is 2.75 bits per heavy atom. The summed E-state index contributed by atoms with van der Waals surface area (Å²) in [6, 6.07) is 8.65. The lowest BCUT2D eigenvalue weighted by Gasteiger charge is -2.35. The van der Waals surface area contributed by atoms with Gasteiger partial charge in [-0.2, -0.15) is 0 Å².